The van der Waals surface area contributed by atoms with Crippen LogP contribution >= 0.6 is 0 Å². The van der Waals surface area contributed by atoms with Crippen molar-refractivity contribution < 1.29 is 9.84 Å². The van der Waals surface area contributed by atoms with E-state index in [0.29, 0.717) is 6.61 Å². The zero-order chi connectivity index (χ0) is 17.6. The number of fused-ring (bicyclic) bond motifs is 1. The highest BCUT2D eigenvalue weighted by molar-refractivity contribution is 5.78. The fraction of sp³-hybridized carbons (Fsp3) is 0.381. The number of rotatable bonds is 8. The molecular weight excluding hydrogens is 312 g/mol. The fourth-order valence-electron chi connectivity index (χ4n) is 3.04. The Bertz CT molecular complexity index is 825. The molecule has 3 rings (SSSR count). The van der Waals surface area contributed by atoms with E-state index < -0.39 is 0 Å². The molecule has 0 atom stereocenters. The van der Waals surface area contributed by atoms with Crippen LogP contribution in [0.5, 0.6) is 5.75 Å². The van der Waals surface area contributed by atoms with Crippen LogP contribution in [0.15, 0.2) is 42.5 Å². The van der Waals surface area contributed by atoms with Crippen LogP contribution in [0.3, 0.4) is 0 Å². The number of hydrogen-bond donors (Lipinski definition) is 1. The Morgan fingerprint density at radius 2 is 1.80 bits per heavy atom. The summed E-state index contributed by atoms with van der Waals surface area (Å²) in [4.78, 5) is 4.80. The monoisotopic (exact) mass is 338 g/mol. The van der Waals surface area contributed by atoms with Gasteiger partial charge in [0.15, 0.2) is 0 Å². The second kappa shape index (κ2) is 8.17. The van der Waals surface area contributed by atoms with Gasteiger partial charge in [-0.15, -0.1) is 0 Å². The maximum absolute atomic E-state index is 9.16. The molecule has 0 fully saturated rings. The molecule has 0 amide bonds. The lowest BCUT2D eigenvalue weighted by molar-refractivity contribution is 0.285. The zero-order valence-corrected chi connectivity index (χ0v) is 15.0. The third kappa shape index (κ3) is 4.20. The van der Waals surface area contributed by atoms with Crippen LogP contribution in [0.2, 0.25) is 0 Å². The molecule has 0 aliphatic rings. The second-order valence-corrected chi connectivity index (χ2v) is 6.45. The van der Waals surface area contributed by atoms with E-state index in [1.165, 1.54) is 16.6 Å². The Morgan fingerprint density at radius 1 is 1.04 bits per heavy atom. The lowest BCUT2D eigenvalue weighted by Crippen LogP contribution is -2.08. The molecular formula is C21H26N2O2. The molecule has 4 heteroatoms. The summed E-state index contributed by atoms with van der Waals surface area (Å²) in [6, 6.07) is 14.3. The predicted molar refractivity (Wildman–Crippen MR) is 101 cm³/mol. The van der Waals surface area contributed by atoms with Gasteiger partial charge in [-0.2, -0.15) is 0 Å². The van der Waals surface area contributed by atoms with Crippen molar-refractivity contribution in [2.45, 2.75) is 39.7 Å². The van der Waals surface area contributed by atoms with Gasteiger partial charge in [0.25, 0.3) is 0 Å². The van der Waals surface area contributed by atoms with Gasteiger partial charge in [-0.3, -0.25) is 0 Å². The number of ether oxygens (including phenoxy) is 1. The Labute approximate surface area is 149 Å². The maximum atomic E-state index is 9.16. The van der Waals surface area contributed by atoms with Crippen molar-refractivity contribution in [3.8, 4) is 5.75 Å². The second-order valence-electron chi connectivity index (χ2n) is 6.45. The van der Waals surface area contributed by atoms with Crippen LogP contribution in [-0.2, 0) is 13.0 Å². The summed E-state index contributed by atoms with van der Waals surface area (Å²) in [5.41, 5.74) is 4.76. The smallest absolute Gasteiger partial charge is 0.119 e. The summed E-state index contributed by atoms with van der Waals surface area (Å²) in [6.45, 7) is 5.99. The molecule has 0 bridgehead atoms. The molecule has 25 heavy (non-hydrogen) atoms. The molecule has 0 radical (unpaired) electrons. The van der Waals surface area contributed by atoms with Gasteiger partial charge in [0, 0.05) is 19.6 Å². The maximum Gasteiger partial charge on any atom is 0.119 e. The Kier molecular flexibility index (Phi) is 5.71. The highest BCUT2D eigenvalue weighted by atomic mass is 16.5. The van der Waals surface area contributed by atoms with Crippen molar-refractivity contribution in [1.82, 2.24) is 9.55 Å². The molecule has 2 aromatic carbocycles. The first kappa shape index (κ1) is 17.5. The topological polar surface area (TPSA) is 47.3 Å². The minimum atomic E-state index is 0.193. The molecule has 132 valence electrons. The fourth-order valence-corrected chi connectivity index (χ4v) is 3.04. The van der Waals surface area contributed by atoms with E-state index in [-0.39, 0.29) is 6.61 Å². The van der Waals surface area contributed by atoms with Gasteiger partial charge >= 0.3 is 0 Å². The van der Waals surface area contributed by atoms with Gasteiger partial charge in [0.1, 0.15) is 11.6 Å². The number of aromatic nitrogens is 2. The standard InChI is InChI=1S/C21H26N2O2/c1-16-14-19-20(15-17(16)2)23(21(22-19)10-6-12-24)11-7-13-25-18-8-4-3-5-9-18/h3-5,8-9,14-15,24H,6-7,10-13H2,1-2H3. The molecule has 0 aliphatic heterocycles. The molecule has 1 heterocycles. The normalized spacial score (nSPS) is 11.2. The number of nitrogens with zero attached hydrogens (tertiary/aromatic N) is 2. The predicted octanol–water partition coefficient (Wildman–Crippen LogP) is 4.05. The molecule has 0 spiro atoms. The number of aliphatic hydroxyl groups excluding tert-OH is 1. The summed E-state index contributed by atoms with van der Waals surface area (Å²) < 4.78 is 8.09. The van der Waals surface area contributed by atoms with Gasteiger partial charge in [-0.1, -0.05) is 18.2 Å². The number of benzene rings is 2. The first-order valence-electron chi connectivity index (χ1n) is 8.94. The highest BCUT2D eigenvalue weighted by Crippen LogP contribution is 2.22. The van der Waals surface area contributed by atoms with Gasteiger partial charge in [-0.05, 0) is 62.1 Å². The van der Waals surface area contributed by atoms with Crippen LogP contribution in [0.1, 0.15) is 29.8 Å². The van der Waals surface area contributed by atoms with E-state index in [0.717, 1.165) is 42.9 Å². The third-order valence-electron chi connectivity index (χ3n) is 4.54. The van der Waals surface area contributed by atoms with Crippen molar-refractivity contribution >= 4 is 11.0 Å². The van der Waals surface area contributed by atoms with Gasteiger partial charge < -0.3 is 14.4 Å². The van der Waals surface area contributed by atoms with Crippen molar-refractivity contribution in [3.63, 3.8) is 0 Å². The first-order chi connectivity index (χ1) is 12.2. The van der Waals surface area contributed by atoms with E-state index in [4.69, 9.17) is 14.8 Å². The summed E-state index contributed by atoms with van der Waals surface area (Å²) in [5, 5.41) is 9.16. The zero-order valence-electron chi connectivity index (χ0n) is 15.0. The minimum absolute atomic E-state index is 0.193. The molecule has 4 nitrogen and oxygen atoms in total. The van der Waals surface area contributed by atoms with Crippen LogP contribution in [-0.4, -0.2) is 27.9 Å². The molecule has 1 N–H and O–H groups in total. The quantitative estimate of drug-likeness (QED) is 0.630. The summed E-state index contributed by atoms with van der Waals surface area (Å²) in [5.74, 6) is 1.96. The van der Waals surface area contributed by atoms with Crippen molar-refractivity contribution in [2.75, 3.05) is 13.2 Å². The molecule has 0 aliphatic carbocycles. The summed E-state index contributed by atoms with van der Waals surface area (Å²) in [7, 11) is 0. The summed E-state index contributed by atoms with van der Waals surface area (Å²) >= 11 is 0. The van der Waals surface area contributed by atoms with Crippen molar-refractivity contribution in [3.05, 3.63) is 59.4 Å². The number of hydrogen-bond acceptors (Lipinski definition) is 3. The molecule has 1 aromatic heterocycles. The average Bonchev–Trinajstić information content (AvgIpc) is 2.95. The molecule has 0 saturated carbocycles. The third-order valence-corrected chi connectivity index (χ3v) is 4.54. The van der Waals surface area contributed by atoms with Crippen LogP contribution in [0.25, 0.3) is 11.0 Å². The van der Waals surface area contributed by atoms with E-state index in [9.17, 15) is 0 Å². The lowest BCUT2D eigenvalue weighted by Gasteiger charge is -2.11. The molecule has 0 saturated heterocycles. The van der Waals surface area contributed by atoms with E-state index >= 15 is 0 Å². The number of aliphatic hydroxyl groups is 1. The molecule has 3 aromatic rings. The van der Waals surface area contributed by atoms with Gasteiger partial charge in [0.2, 0.25) is 0 Å². The number of aryl methyl sites for hydroxylation is 4. The van der Waals surface area contributed by atoms with E-state index in [1.807, 2.05) is 30.3 Å². The van der Waals surface area contributed by atoms with Gasteiger partial charge in [0.05, 0.1) is 17.6 Å². The Morgan fingerprint density at radius 3 is 2.56 bits per heavy atom. The van der Waals surface area contributed by atoms with E-state index in [1.54, 1.807) is 0 Å². The summed E-state index contributed by atoms with van der Waals surface area (Å²) in [6.07, 6.45) is 2.45. The largest absolute Gasteiger partial charge is 0.494 e. The SMILES string of the molecule is Cc1cc2nc(CCCO)n(CCCOc3ccccc3)c2cc1C. The first-order valence-corrected chi connectivity index (χ1v) is 8.94. The average molecular weight is 338 g/mol. The minimum Gasteiger partial charge on any atom is -0.494 e. The van der Waals surface area contributed by atoms with Crippen molar-refractivity contribution in [1.29, 1.82) is 0 Å². The Balaban J connectivity index is 1.74. The van der Waals surface area contributed by atoms with Crippen LogP contribution in [0, 0.1) is 13.8 Å². The Hall–Kier alpha value is -2.33. The van der Waals surface area contributed by atoms with Crippen LogP contribution in [0.4, 0.5) is 0 Å². The van der Waals surface area contributed by atoms with E-state index in [2.05, 4.69) is 30.5 Å². The number of para-hydroxylation sites is 1. The highest BCUT2D eigenvalue weighted by Gasteiger charge is 2.12. The van der Waals surface area contributed by atoms with Gasteiger partial charge in [-0.25, -0.2) is 4.98 Å². The van der Waals surface area contributed by atoms with Crippen molar-refractivity contribution in [2.24, 2.45) is 0 Å². The van der Waals surface area contributed by atoms with Crippen LogP contribution < -0.4 is 4.74 Å². The number of imidazole rings is 1. The lowest BCUT2D eigenvalue weighted by atomic mass is 10.1. The molecule has 0 unspecified atom stereocenters.